The van der Waals surface area contributed by atoms with Crippen LogP contribution in [0.3, 0.4) is 0 Å². The second kappa shape index (κ2) is 9.43. The van der Waals surface area contributed by atoms with Crippen molar-refractivity contribution in [2.24, 2.45) is 0 Å². The number of methoxy groups -OCH3 is 1. The topological polar surface area (TPSA) is 62.5 Å². The summed E-state index contributed by atoms with van der Waals surface area (Å²) in [6.07, 6.45) is 0. The van der Waals surface area contributed by atoms with Gasteiger partial charge in [-0.2, -0.15) is 0 Å². The van der Waals surface area contributed by atoms with E-state index in [0.717, 1.165) is 33.8 Å². The van der Waals surface area contributed by atoms with Crippen molar-refractivity contribution in [1.82, 2.24) is 4.57 Å². The number of hydrogen-bond acceptors (Lipinski definition) is 4. The minimum atomic E-state index is 0.475. The highest BCUT2D eigenvalue weighted by Gasteiger charge is 2.20. The fraction of sp³-hybridized carbons (Fsp3) is 0.240. The molecular formula is C25H28N3O3+. The summed E-state index contributed by atoms with van der Waals surface area (Å²) in [5.74, 6) is 3.02. The standard InChI is InChI=1S/C25H27N3O3/c1-19-9-3-6-12-22(19)30-17-15-27-20-10-4-5-11-21(20)28(25(27)26)16-18-31-24-14-8-7-13-23(24)29-2/h3-14,26H,15-18H2,1-2H3/p+1. The Morgan fingerprint density at radius 2 is 1.45 bits per heavy atom. The summed E-state index contributed by atoms with van der Waals surface area (Å²) in [5, 5.41) is 0. The lowest BCUT2D eigenvalue weighted by Crippen LogP contribution is -2.39. The number of hydrogen-bond donors (Lipinski definition) is 1. The third kappa shape index (κ3) is 4.43. The van der Waals surface area contributed by atoms with Crippen LogP contribution >= 0.6 is 0 Å². The van der Waals surface area contributed by atoms with Gasteiger partial charge in [0.05, 0.1) is 7.11 Å². The molecule has 6 nitrogen and oxygen atoms in total. The van der Waals surface area contributed by atoms with Crippen molar-refractivity contribution in [3.8, 4) is 17.2 Å². The van der Waals surface area contributed by atoms with Crippen LogP contribution in [0.1, 0.15) is 5.56 Å². The van der Waals surface area contributed by atoms with Gasteiger partial charge in [-0.3, -0.25) is 5.73 Å². The smallest absolute Gasteiger partial charge is 0.356 e. The van der Waals surface area contributed by atoms with Gasteiger partial charge in [0.2, 0.25) is 0 Å². The average Bonchev–Trinajstić information content (AvgIpc) is 3.06. The van der Waals surface area contributed by atoms with Crippen molar-refractivity contribution in [2.45, 2.75) is 20.0 Å². The summed E-state index contributed by atoms with van der Waals surface area (Å²) in [5.41, 5.74) is 9.82. The predicted octanol–water partition coefficient (Wildman–Crippen LogP) is 3.99. The lowest BCUT2D eigenvalue weighted by Gasteiger charge is -2.10. The molecule has 0 unspecified atom stereocenters. The van der Waals surface area contributed by atoms with Gasteiger partial charge in [0, 0.05) is 0 Å². The number of fused-ring (bicyclic) bond motifs is 1. The van der Waals surface area contributed by atoms with Gasteiger partial charge >= 0.3 is 5.95 Å². The van der Waals surface area contributed by atoms with Gasteiger partial charge in [-0.1, -0.05) is 42.5 Å². The Bertz CT molecular complexity index is 1170. The molecule has 0 amide bonds. The van der Waals surface area contributed by atoms with Crippen LogP contribution in [-0.4, -0.2) is 24.9 Å². The molecule has 0 spiro atoms. The van der Waals surface area contributed by atoms with Crippen LogP contribution in [-0.2, 0) is 13.1 Å². The van der Waals surface area contributed by atoms with Crippen molar-refractivity contribution >= 4 is 17.0 Å². The Kier molecular flexibility index (Phi) is 6.26. The van der Waals surface area contributed by atoms with Gasteiger partial charge < -0.3 is 14.2 Å². The third-order valence-corrected chi connectivity index (χ3v) is 5.32. The maximum Gasteiger partial charge on any atom is 0.356 e. The molecule has 0 aliphatic rings. The quantitative estimate of drug-likeness (QED) is 0.418. The number of aryl methyl sites for hydroxylation is 1. The van der Waals surface area contributed by atoms with Crippen molar-refractivity contribution < 1.29 is 18.8 Å². The van der Waals surface area contributed by atoms with Gasteiger partial charge in [0.15, 0.2) is 11.5 Å². The molecule has 0 aliphatic heterocycles. The van der Waals surface area contributed by atoms with Crippen molar-refractivity contribution in [3.63, 3.8) is 0 Å². The third-order valence-electron chi connectivity index (χ3n) is 5.32. The number of benzene rings is 3. The van der Waals surface area contributed by atoms with E-state index < -0.39 is 0 Å². The Morgan fingerprint density at radius 3 is 2.23 bits per heavy atom. The molecular weight excluding hydrogens is 390 g/mol. The Balaban J connectivity index is 1.49. The summed E-state index contributed by atoms with van der Waals surface area (Å²) in [7, 11) is 1.64. The molecule has 0 saturated heterocycles. The maximum atomic E-state index is 6.55. The Morgan fingerprint density at radius 1 is 0.806 bits per heavy atom. The molecule has 0 radical (unpaired) electrons. The van der Waals surface area contributed by atoms with Crippen LogP contribution in [0.2, 0.25) is 0 Å². The average molecular weight is 419 g/mol. The number of aromatic nitrogens is 2. The molecule has 4 rings (SSSR count). The van der Waals surface area contributed by atoms with E-state index in [-0.39, 0.29) is 0 Å². The largest absolute Gasteiger partial charge is 0.493 e. The van der Waals surface area contributed by atoms with E-state index >= 15 is 0 Å². The van der Waals surface area contributed by atoms with Crippen LogP contribution in [0.5, 0.6) is 17.2 Å². The monoisotopic (exact) mass is 418 g/mol. The van der Waals surface area contributed by atoms with E-state index in [1.165, 1.54) is 0 Å². The van der Waals surface area contributed by atoms with Crippen LogP contribution in [0.25, 0.3) is 11.0 Å². The van der Waals surface area contributed by atoms with Crippen LogP contribution in [0.4, 0.5) is 5.95 Å². The first-order chi connectivity index (χ1) is 15.2. The van der Waals surface area contributed by atoms with Gasteiger partial charge in [-0.05, 0) is 42.8 Å². The fourth-order valence-corrected chi connectivity index (χ4v) is 3.73. The number of rotatable bonds is 9. The highest BCUT2D eigenvalue weighted by molar-refractivity contribution is 5.73. The zero-order valence-corrected chi connectivity index (χ0v) is 18.0. The molecule has 0 aliphatic carbocycles. The first kappa shape index (κ1) is 20.6. The minimum Gasteiger partial charge on any atom is -0.493 e. The number of ether oxygens (including phenoxy) is 3. The summed E-state index contributed by atoms with van der Waals surface area (Å²) < 4.78 is 21.5. The van der Waals surface area contributed by atoms with E-state index in [9.17, 15) is 0 Å². The van der Waals surface area contributed by atoms with Gasteiger partial charge in [-0.15, -0.1) is 0 Å². The maximum absolute atomic E-state index is 6.55. The first-order valence-electron chi connectivity index (χ1n) is 10.4. The molecule has 31 heavy (non-hydrogen) atoms. The lowest BCUT2D eigenvalue weighted by atomic mass is 10.2. The molecule has 0 saturated carbocycles. The predicted molar refractivity (Wildman–Crippen MR) is 122 cm³/mol. The summed E-state index contributed by atoms with van der Waals surface area (Å²) in [6.45, 7) is 4.33. The second-order valence-corrected chi connectivity index (χ2v) is 7.26. The summed E-state index contributed by atoms with van der Waals surface area (Å²) in [4.78, 5) is 0. The SMILES string of the molecule is COc1ccccc1OCC[n+]1c(N)n(CCOc2ccccc2C)c2ccccc21. The molecule has 0 atom stereocenters. The van der Waals surface area contributed by atoms with E-state index in [4.69, 9.17) is 19.9 Å². The van der Waals surface area contributed by atoms with Crippen LogP contribution in [0, 0.1) is 6.92 Å². The van der Waals surface area contributed by atoms with Crippen molar-refractivity contribution in [2.75, 3.05) is 26.1 Å². The molecule has 1 aromatic heterocycles. The molecule has 2 N–H and O–H groups in total. The molecule has 3 aromatic carbocycles. The second-order valence-electron chi connectivity index (χ2n) is 7.26. The molecule has 4 aromatic rings. The zero-order valence-electron chi connectivity index (χ0n) is 18.0. The lowest BCUT2D eigenvalue weighted by molar-refractivity contribution is -0.658. The highest BCUT2D eigenvalue weighted by Crippen LogP contribution is 2.25. The first-order valence-corrected chi connectivity index (χ1v) is 10.4. The molecule has 1 heterocycles. The number of nitrogens with zero attached hydrogens (tertiary/aromatic N) is 2. The number of nitrogen functional groups attached to an aromatic ring is 1. The van der Waals surface area contributed by atoms with E-state index in [0.29, 0.717) is 32.3 Å². The van der Waals surface area contributed by atoms with Crippen LogP contribution in [0.15, 0.2) is 72.8 Å². The zero-order chi connectivity index (χ0) is 21.6. The van der Waals surface area contributed by atoms with Crippen LogP contribution < -0.4 is 24.5 Å². The Labute approximate surface area is 182 Å². The van der Waals surface area contributed by atoms with Crippen molar-refractivity contribution in [3.05, 3.63) is 78.4 Å². The number of imidazole rings is 1. The molecule has 6 heteroatoms. The van der Waals surface area contributed by atoms with Gasteiger partial charge in [0.1, 0.15) is 43.1 Å². The molecule has 0 bridgehead atoms. The van der Waals surface area contributed by atoms with E-state index in [1.54, 1.807) is 7.11 Å². The Hall–Kier alpha value is -3.67. The summed E-state index contributed by atoms with van der Waals surface area (Å²) in [6, 6.07) is 23.9. The van der Waals surface area contributed by atoms with Crippen molar-refractivity contribution in [1.29, 1.82) is 0 Å². The van der Waals surface area contributed by atoms with E-state index in [2.05, 4.69) is 21.3 Å². The highest BCUT2D eigenvalue weighted by atomic mass is 16.5. The van der Waals surface area contributed by atoms with Gasteiger partial charge in [-0.25, -0.2) is 9.13 Å². The number of nitrogens with two attached hydrogens (primary N) is 1. The van der Waals surface area contributed by atoms with Gasteiger partial charge in [0.25, 0.3) is 0 Å². The fourth-order valence-electron chi connectivity index (χ4n) is 3.73. The van der Waals surface area contributed by atoms with E-state index in [1.807, 2.05) is 67.6 Å². The summed E-state index contributed by atoms with van der Waals surface area (Å²) >= 11 is 0. The minimum absolute atomic E-state index is 0.475. The number of anilines is 1. The number of para-hydroxylation sites is 5. The molecule has 0 fully saturated rings. The molecule has 160 valence electrons. The normalized spacial score (nSPS) is 10.9.